The molecular weight excluding hydrogens is 231 g/mol. The Morgan fingerprint density at radius 2 is 1.94 bits per heavy atom. The van der Waals surface area contributed by atoms with Crippen molar-refractivity contribution in [2.75, 3.05) is 24.8 Å². The van der Waals surface area contributed by atoms with Crippen LogP contribution in [0, 0.1) is 5.82 Å². The first-order valence-corrected chi connectivity index (χ1v) is 5.54. The van der Waals surface area contributed by atoms with E-state index in [1.54, 1.807) is 19.2 Å². The van der Waals surface area contributed by atoms with Crippen LogP contribution in [0.3, 0.4) is 0 Å². The Morgan fingerprint density at radius 3 is 2.56 bits per heavy atom. The number of nitrogen functional groups attached to an aromatic ring is 1. The number of halogens is 1. The molecule has 18 heavy (non-hydrogen) atoms. The highest BCUT2D eigenvalue weighted by atomic mass is 19.1. The van der Waals surface area contributed by atoms with Crippen LogP contribution < -0.4 is 15.4 Å². The number of hydrogen-bond donors (Lipinski definition) is 1. The molecule has 94 valence electrons. The van der Waals surface area contributed by atoms with Gasteiger partial charge in [0.15, 0.2) is 0 Å². The van der Waals surface area contributed by atoms with Gasteiger partial charge in [0.05, 0.1) is 18.5 Å². The minimum absolute atomic E-state index is 0.272. The molecule has 2 rings (SSSR count). The van der Waals surface area contributed by atoms with Crippen molar-refractivity contribution in [3.8, 4) is 5.75 Å². The van der Waals surface area contributed by atoms with Gasteiger partial charge in [-0.05, 0) is 30.3 Å². The Morgan fingerprint density at radius 1 is 1.17 bits per heavy atom. The van der Waals surface area contributed by atoms with Crippen LogP contribution in [0.4, 0.5) is 21.5 Å². The monoisotopic (exact) mass is 246 g/mol. The normalized spacial score (nSPS) is 10.2. The molecule has 0 spiro atoms. The van der Waals surface area contributed by atoms with Gasteiger partial charge in [0.25, 0.3) is 0 Å². The molecule has 0 aliphatic carbocycles. The predicted octanol–water partition coefficient (Wildman–Crippen LogP) is 3.18. The molecule has 0 radical (unpaired) electrons. The molecule has 2 aromatic carbocycles. The molecule has 0 heterocycles. The first kappa shape index (κ1) is 12.2. The first-order valence-electron chi connectivity index (χ1n) is 5.54. The van der Waals surface area contributed by atoms with Gasteiger partial charge in [0, 0.05) is 18.8 Å². The molecule has 0 saturated carbocycles. The smallest absolute Gasteiger partial charge is 0.125 e. The maximum atomic E-state index is 13.2. The van der Waals surface area contributed by atoms with E-state index in [0.717, 1.165) is 11.4 Å². The molecule has 0 aromatic heterocycles. The molecule has 0 aliphatic heterocycles. The third-order valence-corrected chi connectivity index (χ3v) is 2.79. The van der Waals surface area contributed by atoms with Crippen LogP contribution in [0.2, 0.25) is 0 Å². The van der Waals surface area contributed by atoms with Crippen LogP contribution >= 0.6 is 0 Å². The van der Waals surface area contributed by atoms with Crippen molar-refractivity contribution in [3.05, 3.63) is 48.3 Å². The van der Waals surface area contributed by atoms with Gasteiger partial charge in [-0.3, -0.25) is 0 Å². The second kappa shape index (κ2) is 4.96. The van der Waals surface area contributed by atoms with Gasteiger partial charge in [-0.25, -0.2) is 4.39 Å². The molecule has 4 heteroatoms. The summed E-state index contributed by atoms with van der Waals surface area (Å²) in [5.74, 6) is 0.426. The molecule has 0 fully saturated rings. The molecule has 3 nitrogen and oxygen atoms in total. The Kier molecular flexibility index (Phi) is 3.37. The van der Waals surface area contributed by atoms with Crippen LogP contribution in [-0.4, -0.2) is 14.2 Å². The fourth-order valence-corrected chi connectivity index (χ4v) is 1.79. The van der Waals surface area contributed by atoms with Gasteiger partial charge < -0.3 is 15.4 Å². The van der Waals surface area contributed by atoms with E-state index in [1.807, 2.05) is 30.1 Å². The van der Waals surface area contributed by atoms with E-state index in [4.69, 9.17) is 10.5 Å². The molecule has 0 unspecified atom stereocenters. The highest BCUT2D eigenvalue weighted by molar-refractivity contribution is 5.75. The summed E-state index contributed by atoms with van der Waals surface area (Å²) in [7, 11) is 3.43. The van der Waals surface area contributed by atoms with Crippen molar-refractivity contribution in [1.29, 1.82) is 0 Å². The number of methoxy groups -OCH3 is 1. The van der Waals surface area contributed by atoms with Crippen LogP contribution in [0.5, 0.6) is 5.75 Å². The van der Waals surface area contributed by atoms with Crippen LogP contribution in [0.25, 0.3) is 0 Å². The number of benzene rings is 2. The van der Waals surface area contributed by atoms with E-state index in [9.17, 15) is 4.39 Å². The Labute approximate surface area is 106 Å². The van der Waals surface area contributed by atoms with Crippen molar-refractivity contribution in [2.45, 2.75) is 0 Å². The number of ether oxygens (including phenoxy) is 1. The number of nitrogens with two attached hydrogens (primary N) is 1. The van der Waals surface area contributed by atoms with Crippen molar-refractivity contribution in [3.63, 3.8) is 0 Å². The minimum atomic E-state index is -0.272. The van der Waals surface area contributed by atoms with Gasteiger partial charge >= 0.3 is 0 Å². The van der Waals surface area contributed by atoms with E-state index < -0.39 is 0 Å². The van der Waals surface area contributed by atoms with Crippen molar-refractivity contribution < 1.29 is 9.13 Å². The third-order valence-electron chi connectivity index (χ3n) is 2.79. The number of hydrogen-bond acceptors (Lipinski definition) is 3. The summed E-state index contributed by atoms with van der Waals surface area (Å²) in [6, 6.07) is 11.8. The van der Waals surface area contributed by atoms with Crippen molar-refractivity contribution in [2.24, 2.45) is 0 Å². The Balaban J connectivity index is 2.37. The summed E-state index contributed by atoms with van der Waals surface area (Å²) < 4.78 is 18.3. The standard InChI is InChI=1S/C14H15FN2O/c1-17(11-5-3-4-10(15)8-11)14-7-6-12(18-2)9-13(14)16/h3-9H,16H2,1-2H3. The topological polar surface area (TPSA) is 38.5 Å². The molecule has 0 atom stereocenters. The molecule has 0 aliphatic rings. The first-order chi connectivity index (χ1) is 8.61. The summed E-state index contributed by atoms with van der Waals surface area (Å²) in [5.41, 5.74) is 8.09. The average Bonchev–Trinajstić information content (AvgIpc) is 2.37. The average molecular weight is 246 g/mol. The Hall–Kier alpha value is -2.23. The summed E-state index contributed by atoms with van der Waals surface area (Å²) in [6.07, 6.45) is 0. The van der Waals surface area contributed by atoms with Gasteiger partial charge in [-0.15, -0.1) is 0 Å². The Bertz CT molecular complexity index is 557. The van der Waals surface area contributed by atoms with Gasteiger partial charge in [-0.2, -0.15) is 0 Å². The highest BCUT2D eigenvalue weighted by Gasteiger charge is 2.09. The summed E-state index contributed by atoms with van der Waals surface area (Å²) in [6.45, 7) is 0. The second-order valence-corrected chi connectivity index (χ2v) is 3.96. The molecule has 2 N–H and O–H groups in total. The highest BCUT2D eigenvalue weighted by Crippen LogP contribution is 2.31. The van der Waals surface area contributed by atoms with E-state index in [-0.39, 0.29) is 5.82 Å². The quantitative estimate of drug-likeness (QED) is 0.845. The van der Waals surface area contributed by atoms with Crippen LogP contribution in [0.1, 0.15) is 0 Å². The van der Waals surface area contributed by atoms with Crippen LogP contribution in [0.15, 0.2) is 42.5 Å². The lowest BCUT2D eigenvalue weighted by Gasteiger charge is -2.21. The fraction of sp³-hybridized carbons (Fsp3) is 0.143. The SMILES string of the molecule is COc1ccc(N(C)c2cccc(F)c2)c(N)c1. The lowest BCUT2D eigenvalue weighted by molar-refractivity contribution is 0.415. The van der Waals surface area contributed by atoms with E-state index in [2.05, 4.69) is 0 Å². The van der Waals surface area contributed by atoms with Gasteiger partial charge in [0.1, 0.15) is 11.6 Å². The molecular formula is C14H15FN2O. The molecule has 0 saturated heterocycles. The van der Waals surface area contributed by atoms with Crippen molar-refractivity contribution >= 4 is 17.1 Å². The zero-order chi connectivity index (χ0) is 13.1. The lowest BCUT2D eigenvalue weighted by Crippen LogP contribution is -2.11. The largest absolute Gasteiger partial charge is 0.497 e. The van der Waals surface area contributed by atoms with E-state index in [0.29, 0.717) is 11.4 Å². The predicted molar refractivity (Wildman–Crippen MR) is 71.9 cm³/mol. The fourth-order valence-electron chi connectivity index (χ4n) is 1.79. The summed E-state index contributed by atoms with van der Waals surface area (Å²) in [5, 5.41) is 0. The maximum Gasteiger partial charge on any atom is 0.125 e. The van der Waals surface area contributed by atoms with Crippen molar-refractivity contribution in [1.82, 2.24) is 0 Å². The second-order valence-electron chi connectivity index (χ2n) is 3.96. The zero-order valence-electron chi connectivity index (χ0n) is 10.4. The molecule has 2 aromatic rings. The number of rotatable bonds is 3. The molecule has 0 bridgehead atoms. The number of nitrogens with zero attached hydrogens (tertiary/aromatic N) is 1. The van der Waals surface area contributed by atoms with Crippen LogP contribution in [-0.2, 0) is 0 Å². The molecule has 0 amide bonds. The summed E-state index contributed by atoms with van der Waals surface area (Å²) in [4.78, 5) is 1.83. The van der Waals surface area contributed by atoms with E-state index >= 15 is 0 Å². The maximum absolute atomic E-state index is 13.2. The van der Waals surface area contributed by atoms with Gasteiger partial charge in [0.2, 0.25) is 0 Å². The lowest BCUT2D eigenvalue weighted by atomic mass is 10.2. The number of anilines is 3. The minimum Gasteiger partial charge on any atom is -0.497 e. The summed E-state index contributed by atoms with van der Waals surface area (Å²) >= 11 is 0. The van der Waals surface area contributed by atoms with E-state index in [1.165, 1.54) is 12.1 Å². The van der Waals surface area contributed by atoms with Gasteiger partial charge in [-0.1, -0.05) is 6.07 Å². The third kappa shape index (κ3) is 2.37. The zero-order valence-corrected chi connectivity index (χ0v) is 10.4.